The molecule has 0 aromatic heterocycles. The van der Waals surface area contributed by atoms with Gasteiger partial charge in [-0.3, -0.25) is 9.59 Å². The summed E-state index contributed by atoms with van der Waals surface area (Å²) in [6, 6.07) is 11.8. The van der Waals surface area contributed by atoms with Crippen LogP contribution in [0.2, 0.25) is 0 Å². The number of epoxide rings is 2. The summed E-state index contributed by atoms with van der Waals surface area (Å²) in [5, 5.41) is 125. The summed E-state index contributed by atoms with van der Waals surface area (Å²) in [6.07, 6.45) is -17.2. The molecule has 392 valence electrons. The lowest BCUT2D eigenvalue weighted by Gasteiger charge is -2.50. The molecule has 24 nitrogen and oxygen atoms in total. The summed E-state index contributed by atoms with van der Waals surface area (Å²) in [5.41, 5.74) is -1.89. The van der Waals surface area contributed by atoms with Gasteiger partial charge in [0.15, 0.2) is 12.6 Å². The van der Waals surface area contributed by atoms with E-state index >= 15 is 9.59 Å². The van der Waals surface area contributed by atoms with Crippen molar-refractivity contribution in [1.29, 1.82) is 0 Å². The highest BCUT2D eigenvalue weighted by Gasteiger charge is 2.79. The quantitative estimate of drug-likeness (QED) is 0.0637. The van der Waals surface area contributed by atoms with Gasteiger partial charge in [0.25, 0.3) is 0 Å². The van der Waals surface area contributed by atoms with Crippen LogP contribution in [-0.2, 0) is 57.0 Å². The molecule has 2 aromatic carbocycles. The number of hydrogen-bond acceptors (Lipinski definition) is 24. The zero-order chi connectivity index (χ0) is 50.7. The van der Waals surface area contributed by atoms with Crippen LogP contribution in [-0.4, -0.2) is 209 Å². The fourth-order valence-corrected chi connectivity index (χ4v) is 12.6. The Bertz CT molecular complexity index is 2210. The summed E-state index contributed by atoms with van der Waals surface area (Å²) >= 11 is 0. The molecule has 3 aliphatic carbocycles. The molecule has 0 amide bonds. The number of benzene rings is 2. The van der Waals surface area contributed by atoms with Crippen molar-refractivity contribution in [1.82, 2.24) is 0 Å². The van der Waals surface area contributed by atoms with E-state index in [9.17, 15) is 61.3 Å². The van der Waals surface area contributed by atoms with E-state index in [0.29, 0.717) is 11.1 Å². The van der Waals surface area contributed by atoms with Gasteiger partial charge in [0.1, 0.15) is 95.9 Å². The van der Waals surface area contributed by atoms with Crippen molar-refractivity contribution in [3.8, 4) is 11.5 Å². The van der Waals surface area contributed by atoms with Crippen LogP contribution in [0.5, 0.6) is 11.5 Å². The highest BCUT2D eigenvalue weighted by Crippen LogP contribution is 2.65. The number of esters is 2. The third-order valence-corrected chi connectivity index (χ3v) is 16.3. The van der Waals surface area contributed by atoms with Crippen LogP contribution in [0.25, 0.3) is 0 Å². The maximum Gasteiger partial charge on any atom is 0.310 e. The number of aliphatic hydroxyl groups is 10. The average molecular weight is 1020 g/mol. The summed E-state index contributed by atoms with van der Waals surface area (Å²) < 4.78 is 59.7. The first-order valence-electron chi connectivity index (χ1n) is 23.7. The van der Waals surface area contributed by atoms with Crippen molar-refractivity contribution >= 4 is 11.9 Å². The Morgan fingerprint density at radius 3 is 1.24 bits per heavy atom. The number of carbonyl (C=O) groups excluding carboxylic acids is 2. The van der Waals surface area contributed by atoms with E-state index in [4.69, 9.17) is 47.4 Å². The van der Waals surface area contributed by atoms with Gasteiger partial charge in [-0.25, -0.2) is 0 Å². The van der Waals surface area contributed by atoms with Gasteiger partial charge in [-0.1, -0.05) is 24.3 Å². The third-order valence-electron chi connectivity index (χ3n) is 16.3. The first-order valence-corrected chi connectivity index (χ1v) is 23.7. The molecule has 12 N–H and O–H groups in total. The number of rotatable bonds is 14. The number of phenols is 2. The lowest BCUT2D eigenvalue weighted by molar-refractivity contribution is -0.344. The van der Waals surface area contributed by atoms with Gasteiger partial charge in [-0.2, -0.15) is 0 Å². The van der Waals surface area contributed by atoms with Crippen LogP contribution in [0.4, 0.5) is 0 Å². The van der Waals surface area contributed by atoms with Gasteiger partial charge in [0, 0.05) is 23.7 Å². The van der Waals surface area contributed by atoms with Gasteiger partial charge in [0.2, 0.25) is 12.6 Å². The Kier molecular flexibility index (Phi) is 12.9. The molecule has 22 atom stereocenters. The second-order valence-electron chi connectivity index (χ2n) is 19.9. The second-order valence-corrected chi connectivity index (χ2v) is 19.9. The monoisotopic (exact) mass is 1020 g/mol. The minimum Gasteiger partial charge on any atom is -0.508 e. The molecular weight excluding hydrogens is 961 g/mol. The molecule has 0 bridgehead atoms. The Hall–Kier alpha value is -4.58. The summed E-state index contributed by atoms with van der Waals surface area (Å²) in [6.45, 7) is -2.61. The predicted molar refractivity (Wildman–Crippen MR) is 230 cm³/mol. The van der Waals surface area contributed by atoms with E-state index in [1.165, 1.54) is 36.8 Å². The highest BCUT2D eigenvalue weighted by molar-refractivity contribution is 5.86. The number of ether oxygens (including phenoxy) is 10. The van der Waals surface area contributed by atoms with Crippen molar-refractivity contribution in [3.63, 3.8) is 0 Å². The van der Waals surface area contributed by atoms with Crippen molar-refractivity contribution < 1.29 is 118 Å². The van der Waals surface area contributed by atoms with Crippen LogP contribution in [0.1, 0.15) is 23.0 Å². The topological polar surface area (TPSA) is 376 Å². The lowest BCUT2D eigenvalue weighted by atomic mass is 9.52. The van der Waals surface area contributed by atoms with Crippen molar-refractivity contribution in [2.75, 3.05) is 26.4 Å². The first-order chi connectivity index (χ1) is 34.6. The molecule has 6 aliphatic heterocycles. The van der Waals surface area contributed by atoms with Crippen molar-refractivity contribution in [3.05, 3.63) is 84.3 Å². The maximum atomic E-state index is 15.1. The second kappa shape index (κ2) is 18.7. The molecule has 0 radical (unpaired) electrons. The highest BCUT2D eigenvalue weighted by atomic mass is 16.8. The lowest BCUT2D eigenvalue weighted by Crippen LogP contribution is -2.60. The standard InChI is InChI=1S/C48H56O24/c49-13-23-31(55)33(57)35(59)45(65-23)69-43-29-21(9-11-63-43)37(39-47(29,15-51)71-39)67-41(61)27-25(17-1-5-19(53)6-2-17)28(26(27)18-3-7-20(54)8-4-18)42(62)68-38-22-10-12-64-44(30(22)48(16-52)40(38)72-48)70-46-36(60)34(58)32(56)24(14-50)66-46/h1-12,21-40,43-46,49-60H,13-16H2/t21-,22-,23-,24-,25?,26?,27?,28?,29-,30-,31-,32-,33+,34+,35-,36-,37+,38+,39+,40+,43+,44+,45+,46+,47-,48-/m1/s1. The van der Waals surface area contributed by atoms with Crippen LogP contribution in [0, 0.1) is 35.5 Å². The number of carbonyl (C=O) groups is 2. The van der Waals surface area contributed by atoms with Gasteiger partial charge < -0.3 is 109 Å². The third kappa shape index (κ3) is 7.73. The average Bonchev–Trinajstić information content (AvgIpc) is 4.26. The van der Waals surface area contributed by atoms with Crippen LogP contribution in [0.3, 0.4) is 0 Å². The molecule has 9 aliphatic rings. The van der Waals surface area contributed by atoms with E-state index in [1.54, 1.807) is 36.4 Å². The molecule has 24 heteroatoms. The Labute approximate surface area is 408 Å². The number of fused-ring (bicyclic) bond motifs is 6. The fraction of sp³-hybridized carbons (Fsp3) is 0.625. The van der Waals surface area contributed by atoms with E-state index < -0.39 is 195 Å². The van der Waals surface area contributed by atoms with Crippen molar-refractivity contribution in [2.45, 2.75) is 121 Å². The van der Waals surface area contributed by atoms with Gasteiger partial charge in [-0.05, 0) is 47.5 Å². The van der Waals surface area contributed by atoms with Gasteiger partial charge >= 0.3 is 11.9 Å². The van der Waals surface area contributed by atoms with E-state index in [1.807, 2.05) is 0 Å². The number of aliphatic hydroxyl groups excluding tert-OH is 10. The predicted octanol–water partition coefficient (Wildman–Crippen LogP) is -3.84. The zero-order valence-corrected chi connectivity index (χ0v) is 37.9. The molecule has 0 spiro atoms. The van der Waals surface area contributed by atoms with Gasteiger partial charge in [0.05, 0.1) is 62.6 Å². The minimum absolute atomic E-state index is 0.101. The molecule has 3 saturated carbocycles. The molecule has 2 aromatic rings. The molecule has 0 unspecified atom stereocenters. The molecular formula is C48H56O24. The Morgan fingerprint density at radius 1 is 0.514 bits per heavy atom. The maximum absolute atomic E-state index is 15.1. The Balaban J connectivity index is 0.869. The smallest absolute Gasteiger partial charge is 0.310 e. The minimum atomic E-state index is -1.79. The molecule has 4 saturated heterocycles. The molecule has 6 heterocycles. The van der Waals surface area contributed by atoms with E-state index in [-0.39, 0.29) is 11.5 Å². The molecule has 7 fully saturated rings. The fourth-order valence-electron chi connectivity index (χ4n) is 12.6. The van der Waals surface area contributed by atoms with Gasteiger partial charge in [-0.15, -0.1) is 0 Å². The zero-order valence-electron chi connectivity index (χ0n) is 37.9. The summed E-state index contributed by atoms with van der Waals surface area (Å²) in [5.74, 6) is -9.34. The SMILES string of the molecule is O=C(O[C@H]1[C@@H]2C=CO[C@@H](O[C@@H]3O[C@H](CO)[C@@H](O)[C@H](O)[C@H]3O)[C@@H]2[C@@]2(CO)O[C@@H]12)C1C(c2ccc(O)cc2)C(C(=O)O[C@H]2[C@@H]3C=CO[C@@H](O[C@@H]4O[C@H](CO)[C@@H](O)[C@H](O)[C@H]4O)[C@@H]3[C@@]3(CO)O[C@@H]23)C1c1ccc(O)cc1. The normalized spacial score (nSPS) is 48.1. The summed E-state index contributed by atoms with van der Waals surface area (Å²) in [7, 11) is 0. The first kappa shape index (κ1) is 49.6. The number of hydrogen-bond donors (Lipinski definition) is 12. The molecule has 11 rings (SSSR count). The van der Waals surface area contributed by atoms with E-state index in [0.717, 1.165) is 0 Å². The van der Waals surface area contributed by atoms with E-state index in [2.05, 4.69) is 0 Å². The largest absolute Gasteiger partial charge is 0.508 e. The van der Waals surface area contributed by atoms with Crippen molar-refractivity contribution in [2.24, 2.45) is 35.5 Å². The number of phenolic OH excluding ortho intramolecular Hbond substituents is 2. The van der Waals surface area contributed by atoms with Crippen LogP contribution < -0.4 is 0 Å². The van der Waals surface area contributed by atoms with Crippen LogP contribution >= 0.6 is 0 Å². The number of aromatic hydroxyl groups is 2. The summed E-state index contributed by atoms with van der Waals surface area (Å²) in [4.78, 5) is 30.1. The van der Waals surface area contributed by atoms with Crippen LogP contribution in [0.15, 0.2) is 73.2 Å². The molecule has 72 heavy (non-hydrogen) atoms. The Morgan fingerprint density at radius 2 is 0.889 bits per heavy atom.